The summed E-state index contributed by atoms with van der Waals surface area (Å²) >= 11 is 0. The molecule has 0 spiro atoms. The van der Waals surface area contributed by atoms with Gasteiger partial charge < -0.3 is 15.2 Å². The monoisotopic (exact) mass is 395 g/mol. The van der Waals surface area contributed by atoms with Crippen molar-refractivity contribution in [2.45, 2.75) is 23.8 Å². The Labute approximate surface area is 157 Å². The first-order valence-electron chi connectivity index (χ1n) is 8.33. The molecular weight excluding hydrogens is 374 g/mol. The summed E-state index contributed by atoms with van der Waals surface area (Å²) in [5, 5.41) is 20.7. The van der Waals surface area contributed by atoms with Crippen LogP contribution in [-0.4, -0.2) is 62.6 Å². The molecule has 1 heterocycles. The predicted molar refractivity (Wildman–Crippen MR) is 93.7 cm³/mol. The summed E-state index contributed by atoms with van der Waals surface area (Å²) in [6.07, 6.45) is 0.526. The number of rotatable bonds is 6. The molecule has 27 heavy (non-hydrogen) atoms. The highest BCUT2D eigenvalue weighted by Gasteiger charge is 2.34. The summed E-state index contributed by atoms with van der Waals surface area (Å²) < 4.78 is 31.3. The quantitative estimate of drug-likeness (QED) is 0.626. The van der Waals surface area contributed by atoms with Gasteiger partial charge in [-0.05, 0) is 25.0 Å². The standard InChI is InChI=1S/C17H21N3O6S/c1-26-17(23)14(11-21)19-16(22)12-6-8-20(9-7-12)27(24,25)15-5-3-2-4-13(15)10-18/h2-5,12,14,21H,6-9,11H2,1H3,(H,19,22)/t14-/m0/s1. The van der Waals surface area contributed by atoms with Crippen LogP contribution in [0.5, 0.6) is 0 Å². The average molecular weight is 395 g/mol. The minimum absolute atomic E-state index is 0.0542. The summed E-state index contributed by atoms with van der Waals surface area (Å²) in [6.45, 7) is -0.360. The zero-order valence-electron chi connectivity index (χ0n) is 14.8. The van der Waals surface area contributed by atoms with Crippen LogP contribution in [0.1, 0.15) is 18.4 Å². The van der Waals surface area contributed by atoms with Gasteiger partial charge in [0.05, 0.1) is 24.2 Å². The number of nitrogens with zero attached hydrogens (tertiary/aromatic N) is 2. The van der Waals surface area contributed by atoms with Gasteiger partial charge in [-0.15, -0.1) is 0 Å². The number of amides is 1. The van der Waals surface area contributed by atoms with Crippen molar-refractivity contribution in [2.24, 2.45) is 5.92 Å². The normalized spacial score (nSPS) is 16.9. The van der Waals surface area contributed by atoms with Crippen molar-refractivity contribution in [1.29, 1.82) is 5.26 Å². The molecule has 1 aliphatic rings. The van der Waals surface area contributed by atoms with Crippen LogP contribution in [-0.2, 0) is 24.3 Å². The third kappa shape index (κ3) is 4.63. The van der Waals surface area contributed by atoms with E-state index in [4.69, 9.17) is 10.4 Å². The second-order valence-electron chi connectivity index (χ2n) is 6.05. The Morgan fingerprint density at radius 1 is 1.37 bits per heavy atom. The van der Waals surface area contributed by atoms with E-state index in [1.165, 1.54) is 16.4 Å². The molecule has 2 N–H and O–H groups in total. The van der Waals surface area contributed by atoms with Crippen molar-refractivity contribution in [3.63, 3.8) is 0 Å². The van der Waals surface area contributed by atoms with Gasteiger partial charge >= 0.3 is 5.97 Å². The van der Waals surface area contributed by atoms with E-state index in [1.54, 1.807) is 12.1 Å². The summed E-state index contributed by atoms with van der Waals surface area (Å²) in [5.41, 5.74) is 0.0706. The fourth-order valence-corrected chi connectivity index (χ4v) is 4.50. The molecule has 0 saturated carbocycles. The topological polar surface area (TPSA) is 137 Å². The zero-order valence-corrected chi connectivity index (χ0v) is 15.6. The Morgan fingerprint density at radius 3 is 2.56 bits per heavy atom. The van der Waals surface area contributed by atoms with Crippen LogP contribution >= 0.6 is 0 Å². The van der Waals surface area contributed by atoms with Crippen LogP contribution in [0.3, 0.4) is 0 Å². The van der Waals surface area contributed by atoms with Gasteiger partial charge in [0.1, 0.15) is 6.07 Å². The van der Waals surface area contributed by atoms with Gasteiger partial charge in [-0.2, -0.15) is 9.57 Å². The molecule has 1 aromatic rings. The maximum atomic E-state index is 12.8. The van der Waals surface area contributed by atoms with Crippen LogP contribution in [0.2, 0.25) is 0 Å². The fourth-order valence-electron chi connectivity index (χ4n) is 2.89. The second kappa shape index (κ2) is 8.94. The Kier molecular flexibility index (Phi) is 6.90. The minimum atomic E-state index is -3.83. The molecule has 0 radical (unpaired) electrons. The van der Waals surface area contributed by atoms with Crippen LogP contribution in [0, 0.1) is 17.2 Å². The molecule has 1 fully saturated rings. The Hall–Kier alpha value is -2.48. The predicted octanol–water partition coefficient (Wildman–Crippen LogP) is -0.391. The van der Waals surface area contributed by atoms with E-state index in [9.17, 15) is 18.0 Å². The lowest BCUT2D eigenvalue weighted by Crippen LogP contribution is -2.49. The molecule has 1 saturated heterocycles. The molecule has 9 nitrogen and oxygen atoms in total. The molecule has 0 unspecified atom stereocenters. The molecule has 10 heteroatoms. The number of aliphatic hydroxyl groups is 1. The van der Waals surface area contributed by atoms with Crippen molar-refractivity contribution in [3.8, 4) is 6.07 Å². The Balaban J connectivity index is 2.03. The molecule has 1 aromatic carbocycles. The van der Waals surface area contributed by atoms with Crippen molar-refractivity contribution in [2.75, 3.05) is 26.8 Å². The second-order valence-corrected chi connectivity index (χ2v) is 7.96. The summed E-state index contributed by atoms with van der Waals surface area (Å²) in [6, 6.07) is 6.69. The van der Waals surface area contributed by atoms with Gasteiger partial charge in [0.25, 0.3) is 0 Å². The van der Waals surface area contributed by atoms with Gasteiger partial charge in [-0.3, -0.25) is 4.79 Å². The number of sulfonamides is 1. The molecule has 1 atom stereocenters. The molecule has 1 amide bonds. The van der Waals surface area contributed by atoms with Crippen molar-refractivity contribution >= 4 is 21.9 Å². The third-order valence-electron chi connectivity index (χ3n) is 4.43. The Morgan fingerprint density at radius 2 is 2.00 bits per heavy atom. The highest BCUT2D eigenvalue weighted by molar-refractivity contribution is 7.89. The number of hydrogen-bond acceptors (Lipinski definition) is 7. The average Bonchev–Trinajstić information content (AvgIpc) is 2.71. The van der Waals surface area contributed by atoms with E-state index in [2.05, 4.69) is 10.1 Å². The highest BCUT2D eigenvalue weighted by Crippen LogP contribution is 2.25. The van der Waals surface area contributed by atoms with E-state index >= 15 is 0 Å². The first-order valence-corrected chi connectivity index (χ1v) is 9.77. The maximum absolute atomic E-state index is 12.8. The van der Waals surface area contributed by atoms with Crippen LogP contribution < -0.4 is 5.32 Å². The lowest BCUT2D eigenvalue weighted by Gasteiger charge is -2.31. The maximum Gasteiger partial charge on any atom is 0.330 e. The summed E-state index contributed by atoms with van der Waals surface area (Å²) in [4.78, 5) is 23.7. The zero-order chi connectivity index (χ0) is 20.0. The first kappa shape index (κ1) is 20.8. The number of carbonyl (C=O) groups is 2. The van der Waals surface area contributed by atoms with E-state index in [0.29, 0.717) is 0 Å². The van der Waals surface area contributed by atoms with Crippen LogP contribution in [0.25, 0.3) is 0 Å². The molecule has 1 aliphatic heterocycles. The Bertz CT molecular complexity index is 840. The third-order valence-corrected chi connectivity index (χ3v) is 6.39. The summed E-state index contributed by atoms with van der Waals surface area (Å²) in [7, 11) is -2.68. The number of aliphatic hydroxyl groups excluding tert-OH is 1. The van der Waals surface area contributed by atoms with E-state index in [1.807, 2.05) is 6.07 Å². The van der Waals surface area contributed by atoms with Gasteiger partial charge in [-0.1, -0.05) is 12.1 Å². The number of piperidine rings is 1. The van der Waals surface area contributed by atoms with Crippen molar-refractivity contribution in [1.82, 2.24) is 9.62 Å². The largest absolute Gasteiger partial charge is 0.467 e. The van der Waals surface area contributed by atoms with Gasteiger partial charge in [0, 0.05) is 19.0 Å². The summed E-state index contributed by atoms with van der Waals surface area (Å²) in [5.74, 6) is -1.67. The van der Waals surface area contributed by atoms with E-state index in [0.717, 1.165) is 7.11 Å². The van der Waals surface area contributed by atoms with E-state index < -0.39 is 40.5 Å². The molecule has 0 bridgehead atoms. The van der Waals surface area contributed by atoms with Crippen molar-refractivity contribution < 1.29 is 27.9 Å². The number of nitriles is 1. The van der Waals surface area contributed by atoms with Crippen LogP contribution in [0.4, 0.5) is 0 Å². The molecule has 2 rings (SSSR count). The fraction of sp³-hybridized carbons (Fsp3) is 0.471. The van der Waals surface area contributed by atoms with Crippen molar-refractivity contribution in [3.05, 3.63) is 29.8 Å². The van der Waals surface area contributed by atoms with E-state index in [-0.39, 0.29) is 36.4 Å². The van der Waals surface area contributed by atoms with Gasteiger partial charge in [0.2, 0.25) is 15.9 Å². The molecule has 146 valence electrons. The number of methoxy groups -OCH3 is 1. The first-order chi connectivity index (χ1) is 12.8. The van der Waals surface area contributed by atoms with Crippen LogP contribution in [0.15, 0.2) is 29.2 Å². The van der Waals surface area contributed by atoms with Gasteiger partial charge in [-0.25, -0.2) is 13.2 Å². The molecular formula is C17H21N3O6S. The number of hydrogen-bond donors (Lipinski definition) is 2. The number of ether oxygens (including phenoxy) is 1. The SMILES string of the molecule is COC(=O)[C@H](CO)NC(=O)C1CCN(S(=O)(=O)c2ccccc2C#N)CC1. The number of carbonyl (C=O) groups excluding carboxylic acids is 2. The van der Waals surface area contributed by atoms with Gasteiger partial charge in [0.15, 0.2) is 6.04 Å². The molecule has 0 aliphatic carbocycles. The lowest BCUT2D eigenvalue weighted by molar-refractivity contribution is -0.146. The smallest absolute Gasteiger partial charge is 0.330 e. The molecule has 0 aromatic heterocycles. The number of nitrogens with one attached hydrogen (secondary N) is 1. The highest BCUT2D eigenvalue weighted by atomic mass is 32.2. The minimum Gasteiger partial charge on any atom is -0.467 e. The lowest BCUT2D eigenvalue weighted by atomic mass is 9.97. The number of esters is 1. The number of benzene rings is 1.